The molecule has 1 aliphatic rings. The number of hydrogen-bond acceptors (Lipinski definition) is 11. The lowest BCUT2D eigenvalue weighted by Gasteiger charge is -2.24. The Kier molecular flexibility index (Phi) is 7.49. The molecule has 218 valence electrons. The average Bonchev–Trinajstić information content (AvgIpc) is 2.86. The molecule has 0 saturated heterocycles. The Hall–Kier alpha value is -5.30. The summed E-state index contributed by atoms with van der Waals surface area (Å²) in [4.78, 5) is 39.8. The van der Waals surface area contributed by atoms with Gasteiger partial charge in [-0.2, -0.15) is 21.8 Å². The third kappa shape index (κ3) is 5.76. The van der Waals surface area contributed by atoms with Gasteiger partial charge < -0.3 is 27.2 Å². The molecule has 1 aliphatic carbocycles. The smallest absolute Gasteiger partial charge is 0.318 e. The Morgan fingerprint density at radius 2 is 1.43 bits per heavy atom. The van der Waals surface area contributed by atoms with E-state index in [4.69, 9.17) is 11.5 Å². The van der Waals surface area contributed by atoms with E-state index in [1.807, 2.05) is 5.32 Å². The molecule has 2 amide bonds. The lowest BCUT2D eigenvalue weighted by atomic mass is 9.82. The summed E-state index contributed by atoms with van der Waals surface area (Å²) in [7, 11) is -10.1. The van der Waals surface area contributed by atoms with Crippen LogP contribution in [0.4, 0.5) is 27.5 Å². The number of aliphatic hydroxyl groups excluding tert-OH is 1. The normalized spacial score (nSPS) is 13.1. The predicted octanol–water partition coefficient (Wildman–Crippen LogP) is 1.75. The SMILES string of the molecule is C=C(O)N=C(NC(N)=O)Nc1ccc(Nc2cc(S(=O)(=O)O)c(N)c3c2C(=O)c2ccccc2C3=O)cc1S(=O)(=O)O. The number of ketones is 2. The monoisotopic (exact) mass is 616 g/mol. The predicted molar refractivity (Wildman–Crippen MR) is 149 cm³/mol. The van der Waals surface area contributed by atoms with Gasteiger partial charge in [0.1, 0.15) is 9.79 Å². The first-order chi connectivity index (χ1) is 19.5. The lowest BCUT2D eigenvalue weighted by Crippen LogP contribution is -2.39. The van der Waals surface area contributed by atoms with Crippen molar-refractivity contribution in [3.63, 3.8) is 0 Å². The summed E-state index contributed by atoms with van der Waals surface area (Å²) in [5, 5.41) is 16.3. The zero-order valence-corrected chi connectivity index (χ0v) is 22.6. The molecule has 0 radical (unpaired) electrons. The number of aliphatic hydroxyl groups is 1. The molecular formula is C24H20N6O10S2. The van der Waals surface area contributed by atoms with E-state index in [2.05, 4.69) is 22.2 Å². The summed E-state index contributed by atoms with van der Waals surface area (Å²) < 4.78 is 68.3. The van der Waals surface area contributed by atoms with Gasteiger partial charge in [0, 0.05) is 16.8 Å². The Labute approximate surface area is 237 Å². The maximum atomic E-state index is 13.5. The van der Waals surface area contributed by atoms with Crippen molar-refractivity contribution < 1.29 is 45.4 Å². The summed E-state index contributed by atoms with van der Waals surface area (Å²) in [5.74, 6) is -2.91. The Bertz CT molecular complexity index is 1970. The Morgan fingerprint density at radius 3 is 1.95 bits per heavy atom. The molecule has 0 spiro atoms. The van der Waals surface area contributed by atoms with E-state index >= 15 is 0 Å². The fraction of sp³-hybridized carbons (Fsp3) is 0. The highest BCUT2D eigenvalue weighted by atomic mass is 32.2. The van der Waals surface area contributed by atoms with Crippen molar-refractivity contribution in [3.8, 4) is 0 Å². The second kappa shape index (κ2) is 10.6. The standard InChI is InChI=1S/C24H20N6O10S2/c1-10(31)27-24(30-23(26)34)29-14-7-6-11(8-16(14)41(35,36)37)28-15-9-17(42(38,39)40)20(25)19-18(15)21(32)12-4-2-3-5-13(12)22(19)33/h2-9,28,31H,1,25H2,(H,35,36,37)(H,38,39,40)(H4,26,27,29,30,34). The van der Waals surface area contributed by atoms with E-state index in [1.165, 1.54) is 30.3 Å². The van der Waals surface area contributed by atoms with Crippen molar-refractivity contribution in [2.75, 3.05) is 16.4 Å². The van der Waals surface area contributed by atoms with Crippen LogP contribution in [0.5, 0.6) is 0 Å². The van der Waals surface area contributed by atoms with Crippen molar-refractivity contribution in [1.29, 1.82) is 0 Å². The van der Waals surface area contributed by atoms with Gasteiger partial charge in [-0.15, -0.1) is 0 Å². The topological polar surface area (TPSA) is 281 Å². The van der Waals surface area contributed by atoms with Crippen molar-refractivity contribution in [2.24, 2.45) is 10.7 Å². The van der Waals surface area contributed by atoms with Crippen molar-refractivity contribution >= 4 is 66.5 Å². The molecule has 0 fully saturated rings. The van der Waals surface area contributed by atoms with Gasteiger partial charge in [-0.25, -0.2) is 4.79 Å². The second-order valence-electron chi connectivity index (χ2n) is 8.57. The van der Waals surface area contributed by atoms with Gasteiger partial charge in [0.2, 0.25) is 11.8 Å². The molecular weight excluding hydrogens is 596 g/mol. The summed E-state index contributed by atoms with van der Waals surface area (Å²) in [6, 6.07) is 8.40. The van der Waals surface area contributed by atoms with Crippen LogP contribution in [0.2, 0.25) is 0 Å². The number of carbonyl (C=O) groups is 3. The zero-order valence-electron chi connectivity index (χ0n) is 20.9. The highest BCUT2D eigenvalue weighted by Crippen LogP contribution is 2.40. The summed E-state index contributed by atoms with van der Waals surface area (Å²) in [6.45, 7) is 3.10. The maximum Gasteiger partial charge on any atom is 0.318 e. The average molecular weight is 617 g/mol. The summed E-state index contributed by atoms with van der Waals surface area (Å²) in [6.07, 6.45) is 0. The molecule has 0 aliphatic heterocycles. The summed E-state index contributed by atoms with van der Waals surface area (Å²) >= 11 is 0. The lowest BCUT2D eigenvalue weighted by molar-refractivity contribution is 0.0980. The number of nitrogens with one attached hydrogen (secondary N) is 3. The van der Waals surface area contributed by atoms with Crippen LogP contribution in [0.15, 0.2) is 75.8 Å². The number of carbonyl (C=O) groups excluding carboxylic acids is 3. The van der Waals surface area contributed by atoms with E-state index in [1.54, 1.807) is 0 Å². The van der Waals surface area contributed by atoms with Crippen LogP contribution in [0.3, 0.4) is 0 Å². The molecule has 3 aromatic rings. The van der Waals surface area contributed by atoms with Gasteiger partial charge in [0.25, 0.3) is 20.2 Å². The molecule has 0 aromatic heterocycles. The van der Waals surface area contributed by atoms with E-state index in [9.17, 15) is 45.4 Å². The van der Waals surface area contributed by atoms with Crippen LogP contribution >= 0.6 is 0 Å². The first-order valence-corrected chi connectivity index (χ1v) is 14.2. The minimum absolute atomic E-state index is 0.0190. The minimum Gasteiger partial charge on any atom is -0.494 e. The number of benzene rings is 3. The van der Waals surface area contributed by atoms with Gasteiger partial charge >= 0.3 is 6.03 Å². The third-order valence-corrected chi connectivity index (χ3v) is 7.54. The van der Waals surface area contributed by atoms with Gasteiger partial charge in [-0.05, 0) is 30.8 Å². The first-order valence-electron chi connectivity index (χ1n) is 11.3. The third-order valence-electron chi connectivity index (χ3n) is 5.75. The van der Waals surface area contributed by atoms with Gasteiger partial charge in [-0.1, -0.05) is 24.3 Å². The molecule has 42 heavy (non-hydrogen) atoms. The maximum absolute atomic E-state index is 13.5. The fourth-order valence-corrected chi connectivity index (χ4v) is 5.46. The highest BCUT2D eigenvalue weighted by molar-refractivity contribution is 7.86. The number of nitrogen functional groups attached to an aromatic ring is 1. The molecule has 18 heteroatoms. The van der Waals surface area contributed by atoms with Crippen LogP contribution in [-0.4, -0.2) is 54.6 Å². The fourth-order valence-electron chi connectivity index (χ4n) is 4.14. The number of amides is 2. The molecule has 0 heterocycles. The van der Waals surface area contributed by atoms with Crippen LogP contribution in [-0.2, 0) is 20.2 Å². The number of fused-ring (bicyclic) bond motifs is 2. The number of hydrogen-bond donors (Lipinski definition) is 8. The zero-order chi connectivity index (χ0) is 31.1. The van der Waals surface area contributed by atoms with Crippen molar-refractivity contribution in [1.82, 2.24) is 5.32 Å². The number of nitrogens with two attached hydrogens (primary N) is 2. The molecule has 3 aromatic carbocycles. The Balaban J connectivity index is 1.90. The number of primary amides is 1. The van der Waals surface area contributed by atoms with Crippen molar-refractivity contribution in [3.05, 3.63) is 83.2 Å². The number of aliphatic imine (C=N–C) groups is 1. The molecule has 0 unspecified atom stereocenters. The van der Waals surface area contributed by atoms with E-state index in [-0.39, 0.29) is 28.1 Å². The molecule has 16 nitrogen and oxygen atoms in total. The number of anilines is 4. The first kappa shape index (κ1) is 29.7. The molecule has 0 saturated carbocycles. The van der Waals surface area contributed by atoms with Crippen LogP contribution in [0, 0.1) is 0 Å². The van der Waals surface area contributed by atoms with E-state index in [0.29, 0.717) is 0 Å². The van der Waals surface area contributed by atoms with Crippen LogP contribution < -0.4 is 27.4 Å². The van der Waals surface area contributed by atoms with Gasteiger partial charge in [-0.3, -0.25) is 24.0 Å². The van der Waals surface area contributed by atoms with Crippen LogP contribution in [0.25, 0.3) is 0 Å². The summed E-state index contributed by atoms with van der Waals surface area (Å²) in [5.41, 5.74) is 8.44. The number of urea groups is 1. The Morgan fingerprint density at radius 1 is 0.857 bits per heavy atom. The quantitative estimate of drug-likeness (QED) is 0.0504. The van der Waals surface area contributed by atoms with E-state index in [0.717, 1.165) is 18.2 Å². The second-order valence-corrected chi connectivity index (χ2v) is 11.3. The van der Waals surface area contributed by atoms with Gasteiger partial charge in [0.15, 0.2) is 11.6 Å². The van der Waals surface area contributed by atoms with Crippen LogP contribution in [0.1, 0.15) is 31.8 Å². The number of nitrogens with zero attached hydrogens (tertiary/aromatic N) is 1. The van der Waals surface area contributed by atoms with Gasteiger partial charge in [0.05, 0.1) is 28.2 Å². The largest absolute Gasteiger partial charge is 0.494 e. The number of rotatable bonds is 6. The highest BCUT2D eigenvalue weighted by Gasteiger charge is 2.36. The molecule has 10 N–H and O–H groups in total. The molecule has 0 atom stereocenters. The number of guanidine groups is 1. The molecule has 0 bridgehead atoms. The molecule has 4 rings (SSSR count). The van der Waals surface area contributed by atoms with Crippen molar-refractivity contribution in [2.45, 2.75) is 9.79 Å². The minimum atomic E-state index is -5.03. The van der Waals surface area contributed by atoms with E-state index < -0.39 is 76.4 Å².